The Morgan fingerprint density at radius 1 is 1.45 bits per heavy atom. The number of carbonyl (C=O) groups is 2. The van der Waals surface area contributed by atoms with Gasteiger partial charge in [-0.1, -0.05) is 0 Å². The summed E-state index contributed by atoms with van der Waals surface area (Å²) in [6.45, 7) is 0.783. The van der Waals surface area contributed by atoms with E-state index in [2.05, 4.69) is 5.32 Å². The van der Waals surface area contributed by atoms with E-state index >= 15 is 0 Å². The fraction of sp³-hybridized carbons (Fsp3) is 0.385. The van der Waals surface area contributed by atoms with Gasteiger partial charge in [0, 0.05) is 26.3 Å². The van der Waals surface area contributed by atoms with Crippen LogP contribution in [0.3, 0.4) is 0 Å². The van der Waals surface area contributed by atoms with Gasteiger partial charge in [0.2, 0.25) is 5.91 Å². The lowest BCUT2D eigenvalue weighted by atomic mass is 10.2. The Morgan fingerprint density at radius 3 is 2.75 bits per heavy atom. The zero-order chi connectivity index (χ0) is 15.1. The van der Waals surface area contributed by atoms with Gasteiger partial charge in [0.25, 0.3) is 5.91 Å². The zero-order valence-corrected chi connectivity index (χ0v) is 13.5. The van der Waals surface area contributed by atoms with Gasteiger partial charge in [-0.15, -0.1) is 0 Å². The van der Waals surface area contributed by atoms with Crippen LogP contribution >= 0.6 is 22.6 Å². The fourth-order valence-corrected chi connectivity index (χ4v) is 1.84. The first kappa shape index (κ1) is 16.7. The highest BCUT2D eigenvalue weighted by Crippen LogP contribution is 2.21. The lowest BCUT2D eigenvalue weighted by Gasteiger charge is -2.17. The molecule has 6 nitrogen and oxygen atoms in total. The molecule has 0 radical (unpaired) electrons. The Labute approximate surface area is 131 Å². The number of hydrogen-bond donors (Lipinski definition) is 2. The number of ether oxygens (including phenoxy) is 1. The first-order valence-electron chi connectivity index (χ1n) is 5.95. The molecule has 0 heterocycles. The number of phenolic OH excluding ortho intramolecular Hbond substituents is 1. The van der Waals surface area contributed by atoms with Crippen molar-refractivity contribution in [2.75, 3.05) is 33.9 Å². The highest BCUT2D eigenvalue weighted by atomic mass is 127. The Hall–Kier alpha value is -1.35. The second-order valence-corrected chi connectivity index (χ2v) is 5.33. The second kappa shape index (κ2) is 8.05. The van der Waals surface area contributed by atoms with Crippen molar-refractivity contribution in [1.29, 1.82) is 0 Å². The predicted octanol–water partition coefficient (Wildman–Crippen LogP) is 0.831. The maximum atomic E-state index is 12.1. The molecule has 0 fully saturated rings. The first-order valence-corrected chi connectivity index (χ1v) is 7.03. The molecule has 0 unspecified atom stereocenters. The molecular weight excluding hydrogens is 375 g/mol. The summed E-state index contributed by atoms with van der Waals surface area (Å²) in [7, 11) is 3.08. The number of nitrogens with zero attached hydrogens (tertiary/aromatic N) is 1. The molecule has 0 spiro atoms. The van der Waals surface area contributed by atoms with E-state index in [0.29, 0.717) is 22.3 Å². The van der Waals surface area contributed by atoms with Crippen molar-refractivity contribution in [1.82, 2.24) is 10.2 Å². The number of methoxy groups -OCH3 is 1. The van der Waals surface area contributed by atoms with Crippen molar-refractivity contribution in [3.8, 4) is 5.75 Å². The monoisotopic (exact) mass is 392 g/mol. The van der Waals surface area contributed by atoms with Gasteiger partial charge in [-0.2, -0.15) is 0 Å². The normalized spacial score (nSPS) is 10.2. The van der Waals surface area contributed by atoms with Gasteiger partial charge < -0.3 is 20.1 Å². The van der Waals surface area contributed by atoms with E-state index in [4.69, 9.17) is 4.74 Å². The van der Waals surface area contributed by atoms with Gasteiger partial charge in [-0.25, -0.2) is 0 Å². The molecule has 0 atom stereocenters. The van der Waals surface area contributed by atoms with Crippen LogP contribution in [-0.4, -0.2) is 55.7 Å². The van der Waals surface area contributed by atoms with Crippen molar-refractivity contribution >= 4 is 34.4 Å². The maximum absolute atomic E-state index is 12.1. The van der Waals surface area contributed by atoms with Crippen molar-refractivity contribution in [3.63, 3.8) is 0 Å². The molecule has 2 amide bonds. The van der Waals surface area contributed by atoms with E-state index in [-0.39, 0.29) is 24.1 Å². The molecule has 1 aromatic rings. The van der Waals surface area contributed by atoms with Crippen LogP contribution in [0.1, 0.15) is 10.4 Å². The molecule has 0 saturated heterocycles. The van der Waals surface area contributed by atoms with E-state index in [9.17, 15) is 14.7 Å². The quantitative estimate of drug-likeness (QED) is 0.556. The Kier molecular flexibility index (Phi) is 6.73. The fourth-order valence-electron chi connectivity index (χ4n) is 1.50. The summed E-state index contributed by atoms with van der Waals surface area (Å²) in [5.74, 6) is -0.527. The Bertz CT molecular complexity index is 493. The van der Waals surface area contributed by atoms with Crippen molar-refractivity contribution in [2.24, 2.45) is 0 Å². The number of amides is 2. The molecule has 1 aromatic carbocycles. The molecule has 0 saturated carbocycles. The minimum atomic E-state index is -0.321. The van der Waals surface area contributed by atoms with Crippen molar-refractivity contribution < 1.29 is 19.4 Å². The van der Waals surface area contributed by atoms with Gasteiger partial charge in [-0.05, 0) is 40.8 Å². The number of carbonyl (C=O) groups excluding carboxylic acids is 2. The molecule has 0 aliphatic rings. The van der Waals surface area contributed by atoms with Crippen LogP contribution in [0.4, 0.5) is 0 Å². The highest BCUT2D eigenvalue weighted by molar-refractivity contribution is 14.1. The lowest BCUT2D eigenvalue weighted by molar-refractivity contribution is -0.121. The van der Waals surface area contributed by atoms with Gasteiger partial charge >= 0.3 is 0 Å². The molecular formula is C13H17IN2O4. The third-order valence-electron chi connectivity index (χ3n) is 2.55. The van der Waals surface area contributed by atoms with E-state index in [1.807, 2.05) is 22.6 Å². The summed E-state index contributed by atoms with van der Waals surface area (Å²) in [5, 5.41) is 12.2. The van der Waals surface area contributed by atoms with Gasteiger partial charge in [0.05, 0.1) is 16.7 Å². The molecule has 7 heteroatoms. The van der Waals surface area contributed by atoms with Crippen LogP contribution in [-0.2, 0) is 9.53 Å². The van der Waals surface area contributed by atoms with Crippen molar-refractivity contribution in [2.45, 2.75) is 0 Å². The molecule has 0 aromatic heterocycles. The van der Waals surface area contributed by atoms with Crippen LogP contribution in [0, 0.1) is 3.57 Å². The molecule has 20 heavy (non-hydrogen) atoms. The number of rotatable bonds is 6. The molecule has 0 aliphatic heterocycles. The number of benzene rings is 1. The SMILES string of the molecule is COCCNC(=O)CN(C)C(=O)c1ccc(I)c(O)c1. The summed E-state index contributed by atoms with van der Waals surface area (Å²) in [5.41, 5.74) is 0.343. The third-order valence-corrected chi connectivity index (χ3v) is 3.46. The minimum absolute atomic E-state index is 0.0463. The number of nitrogens with one attached hydrogen (secondary N) is 1. The van der Waals surface area contributed by atoms with E-state index in [0.717, 1.165) is 0 Å². The zero-order valence-electron chi connectivity index (χ0n) is 11.4. The summed E-state index contributed by atoms with van der Waals surface area (Å²) >= 11 is 1.97. The number of halogens is 1. The van der Waals surface area contributed by atoms with E-state index < -0.39 is 0 Å². The lowest BCUT2D eigenvalue weighted by Crippen LogP contribution is -2.39. The topological polar surface area (TPSA) is 78.9 Å². The molecule has 1 rings (SSSR count). The first-order chi connectivity index (χ1) is 9.45. The van der Waals surface area contributed by atoms with E-state index in [1.165, 1.54) is 18.0 Å². The van der Waals surface area contributed by atoms with Crippen LogP contribution in [0.5, 0.6) is 5.75 Å². The molecule has 2 N–H and O–H groups in total. The van der Waals surface area contributed by atoms with Gasteiger partial charge in [0.15, 0.2) is 0 Å². The Balaban J connectivity index is 2.58. The third kappa shape index (κ3) is 4.97. The largest absolute Gasteiger partial charge is 0.507 e. The average Bonchev–Trinajstić information content (AvgIpc) is 2.41. The predicted molar refractivity (Wildman–Crippen MR) is 82.7 cm³/mol. The summed E-state index contributed by atoms with van der Waals surface area (Å²) in [4.78, 5) is 25.0. The molecule has 0 bridgehead atoms. The van der Waals surface area contributed by atoms with Crippen molar-refractivity contribution in [3.05, 3.63) is 27.3 Å². The maximum Gasteiger partial charge on any atom is 0.254 e. The molecule has 110 valence electrons. The summed E-state index contributed by atoms with van der Waals surface area (Å²) in [6.07, 6.45) is 0. The Morgan fingerprint density at radius 2 is 2.15 bits per heavy atom. The summed E-state index contributed by atoms with van der Waals surface area (Å²) in [6, 6.07) is 4.65. The average molecular weight is 392 g/mol. The van der Waals surface area contributed by atoms with Gasteiger partial charge in [0.1, 0.15) is 5.75 Å². The number of likely N-dealkylation sites (N-methyl/N-ethyl adjacent to an activating group) is 1. The number of phenols is 1. The smallest absolute Gasteiger partial charge is 0.254 e. The van der Waals surface area contributed by atoms with E-state index in [1.54, 1.807) is 19.2 Å². The second-order valence-electron chi connectivity index (χ2n) is 4.17. The van der Waals surface area contributed by atoms with Crippen LogP contribution in [0.25, 0.3) is 0 Å². The van der Waals surface area contributed by atoms with Crippen LogP contribution < -0.4 is 5.32 Å². The standard InChI is InChI=1S/C13H17IN2O4/c1-16(8-12(18)15-5-6-20-2)13(19)9-3-4-10(14)11(17)7-9/h3-4,7,17H,5-6,8H2,1-2H3,(H,15,18). The minimum Gasteiger partial charge on any atom is -0.507 e. The van der Waals surface area contributed by atoms with Crippen LogP contribution in [0.2, 0.25) is 0 Å². The molecule has 0 aliphatic carbocycles. The highest BCUT2D eigenvalue weighted by Gasteiger charge is 2.15. The number of aromatic hydroxyl groups is 1. The van der Waals surface area contributed by atoms with Gasteiger partial charge in [-0.3, -0.25) is 9.59 Å². The van der Waals surface area contributed by atoms with Crippen LogP contribution in [0.15, 0.2) is 18.2 Å². The summed E-state index contributed by atoms with van der Waals surface area (Å²) < 4.78 is 5.48. The number of hydrogen-bond acceptors (Lipinski definition) is 4.